The lowest BCUT2D eigenvalue weighted by molar-refractivity contribution is -0.141. The van der Waals surface area contributed by atoms with Gasteiger partial charge in [-0.2, -0.15) is 0 Å². The van der Waals surface area contributed by atoms with Crippen LogP contribution in [0.4, 0.5) is 0 Å². The van der Waals surface area contributed by atoms with Gasteiger partial charge < -0.3 is 9.47 Å². The summed E-state index contributed by atoms with van der Waals surface area (Å²) in [6.07, 6.45) is 2.78. The zero-order valence-corrected chi connectivity index (χ0v) is 12.9. The molecule has 0 saturated heterocycles. The number of hydrogen-bond donors (Lipinski definition) is 0. The second-order valence-corrected chi connectivity index (χ2v) is 5.83. The van der Waals surface area contributed by atoms with E-state index < -0.39 is 0 Å². The maximum absolute atomic E-state index is 10.8. The molecule has 0 atom stereocenters. The lowest BCUT2D eigenvalue weighted by Gasteiger charge is -2.27. The Kier molecular flexibility index (Phi) is 6.22. The second kappa shape index (κ2) is 7.43. The van der Waals surface area contributed by atoms with E-state index >= 15 is 0 Å². The Morgan fingerprint density at radius 3 is 2.63 bits per heavy atom. The first-order valence-corrected chi connectivity index (χ1v) is 7.71. The monoisotopic (exact) mass is 282 g/mol. The van der Waals surface area contributed by atoms with Crippen LogP contribution in [0.2, 0.25) is 0 Å². The molecule has 0 aliphatic heterocycles. The molecule has 0 radical (unpaired) electrons. The van der Waals surface area contributed by atoms with Crippen molar-refractivity contribution >= 4 is 17.7 Å². The van der Waals surface area contributed by atoms with Gasteiger partial charge in [0.2, 0.25) is 0 Å². The summed E-state index contributed by atoms with van der Waals surface area (Å²) in [7, 11) is 0. The number of benzene rings is 1. The lowest BCUT2D eigenvalue weighted by Crippen LogP contribution is -2.21. The van der Waals surface area contributed by atoms with Crippen LogP contribution >= 0.6 is 11.8 Å². The third kappa shape index (κ3) is 5.15. The van der Waals surface area contributed by atoms with Crippen molar-refractivity contribution in [3.05, 3.63) is 29.8 Å². The zero-order chi connectivity index (χ0) is 14.3. The standard InChI is InChI=1S/C15H22O3S/c1-12(16)17-10-9-15(2,3)13-7-5-6-8-14(13)18-11-19-4/h5-8H,9-11H2,1-4H3. The maximum atomic E-state index is 10.8. The third-order valence-electron chi connectivity index (χ3n) is 2.98. The van der Waals surface area contributed by atoms with Crippen LogP contribution in [0.3, 0.4) is 0 Å². The summed E-state index contributed by atoms with van der Waals surface area (Å²) < 4.78 is 10.8. The van der Waals surface area contributed by atoms with Crippen molar-refractivity contribution < 1.29 is 14.3 Å². The minimum Gasteiger partial charge on any atom is -0.483 e. The Morgan fingerprint density at radius 2 is 2.00 bits per heavy atom. The molecule has 1 aromatic carbocycles. The molecule has 1 aromatic rings. The predicted octanol–water partition coefficient (Wildman–Crippen LogP) is 3.62. The molecule has 0 saturated carbocycles. The van der Waals surface area contributed by atoms with Crippen LogP contribution < -0.4 is 4.74 Å². The lowest BCUT2D eigenvalue weighted by atomic mass is 9.81. The fourth-order valence-corrected chi connectivity index (χ4v) is 2.10. The zero-order valence-electron chi connectivity index (χ0n) is 12.1. The van der Waals surface area contributed by atoms with Gasteiger partial charge in [0.05, 0.1) is 6.61 Å². The number of ether oxygens (including phenoxy) is 2. The molecule has 0 N–H and O–H groups in total. The average Bonchev–Trinajstić information content (AvgIpc) is 2.36. The van der Waals surface area contributed by atoms with E-state index in [1.165, 1.54) is 6.92 Å². The Labute approximate surface area is 119 Å². The first-order valence-electron chi connectivity index (χ1n) is 6.32. The molecule has 0 aliphatic carbocycles. The smallest absolute Gasteiger partial charge is 0.302 e. The van der Waals surface area contributed by atoms with Gasteiger partial charge in [-0.25, -0.2) is 0 Å². The molecule has 0 amide bonds. The summed E-state index contributed by atoms with van der Waals surface area (Å²) in [5, 5.41) is 0. The minimum atomic E-state index is -0.234. The van der Waals surface area contributed by atoms with Crippen LogP contribution in [0.5, 0.6) is 5.75 Å². The van der Waals surface area contributed by atoms with Crippen molar-refractivity contribution in [3.63, 3.8) is 0 Å². The summed E-state index contributed by atoms with van der Waals surface area (Å²) in [5.41, 5.74) is 1.06. The third-order valence-corrected chi connectivity index (χ3v) is 3.33. The van der Waals surface area contributed by atoms with Gasteiger partial charge in [0.25, 0.3) is 0 Å². The maximum Gasteiger partial charge on any atom is 0.302 e. The van der Waals surface area contributed by atoms with E-state index in [1.807, 2.05) is 24.5 Å². The predicted molar refractivity (Wildman–Crippen MR) is 79.7 cm³/mol. The van der Waals surface area contributed by atoms with Gasteiger partial charge in [-0.05, 0) is 29.7 Å². The van der Waals surface area contributed by atoms with E-state index in [9.17, 15) is 4.79 Å². The van der Waals surface area contributed by atoms with Crippen LogP contribution in [-0.4, -0.2) is 24.8 Å². The van der Waals surface area contributed by atoms with Gasteiger partial charge in [0, 0.05) is 6.92 Å². The second-order valence-electron chi connectivity index (χ2n) is 5.02. The molecular weight excluding hydrogens is 260 g/mol. The van der Waals surface area contributed by atoms with E-state index in [-0.39, 0.29) is 11.4 Å². The van der Waals surface area contributed by atoms with Gasteiger partial charge in [0.1, 0.15) is 11.7 Å². The van der Waals surface area contributed by atoms with Gasteiger partial charge in [-0.1, -0.05) is 32.0 Å². The van der Waals surface area contributed by atoms with Gasteiger partial charge in [0.15, 0.2) is 0 Å². The van der Waals surface area contributed by atoms with Crippen molar-refractivity contribution in [2.75, 3.05) is 18.8 Å². The normalized spacial score (nSPS) is 11.2. The quantitative estimate of drug-likeness (QED) is 0.565. The Hall–Kier alpha value is -1.16. The largest absolute Gasteiger partial charge is 0.483 e. The van der Waals surface area contributed by atoms with E-state index in [0.717, 1.165) is 17.7 Å². The van der Waals surface area contributed by atoms with Crippen LogP contribution in [-0.2, 0) is 14.9 Å². The number of carbonyl (C=O) groups excluding carboxylic acids is 1. The summed E-state index contributed by atoms with van der Waals surface area (Å²) >= 11 is 1.65. The number of carbonyl (C=O) groups is 1. The van der Waals surface area contributed by atoms with E-state index in [2.05, 4.69) is 19.9 Å². The van der Waals surface area contributed by atoms with Crippen molar-refractivity contribution in [2.24, 2.45) is 0 Å². The average molecular weight is 282 g/mol. The van der Waals surface area contributed by atoms with Crippen molar-refractivity contribution in [3.8, 4) is 5.75 Å². The highest BCUT2D eigenvalue weighted by molar-refractivity contribution is 7.98. The van der Waals surface area contributed by atoms with Gasteiger partial charge >= 0.3 is 5.97 Å². The molecule has 3 nitrogen and oxygen atoms in total. The van der Waals surface area contributed by atoms with Crippen molar-refractivity contribution in [1.82, 2.24) is 0 Å². The molecule has 1 rings (SSSR count). The number of esters is 1. The molecule has 106 valence electrons. The molecule has 0 aliphatic rings. The van der Waals surface area contributed by atoms with Crippen LogP contribution in [0.1, 0.15) is 32.8 Å². The summed E-state index contributed by atoms with van der Waals surface area (Å²) in [6.45, 7) is 6.14. The van der Waals surface area contributed by atoms with Crippen LogP contribution in [0.25, 0.3) is 0 Å². The Morgan fingerprint density at radius 1 is 1.32 bits per heavy atom. The highest BCUT2D eigenvalue weighted by Crippen LogP contribution is 2.34. The van der Waals surface area contributed by atoms with E-state index in [0.29, 0.717) is 12.5 Å². The van der Waals surface area contributed by atoms with Crippen molar-refractivity contribution in [1.29, 1.82) is 0 Å². The SMILES string of the molecule is CSCOc1ccccc1C(C)(C)CCOC(C)=O. The molecule has 0 bridgehead atoms. The van der Waals surface area contributed by atoms with Gasteiger partial charge in [-0.15, -0.1) is 11.8 Å². The van der Waals surface area contributed by atoms with Crippen LogP contribution in [0, 0.1) is 0 Å². The number of hydrogen-bond acceptors (Lipinski definition) is 4. The van der Waals surface area contributed by atoms with E-state index in [4.69, 9.17) is 9.47 Å². The van der Waals surface area contributed by atoms with Crippen molar-refractivity contribution in [2.45, 2.75) is 32.6 Å². The van der Waals surface area contributed by atoms with Crippen LogP contribution in [0.15, 0.2) is 24.3 Å². The fourth-order valence-electron chi connectivity index (χ4n) is 1.86. The first kappa shape index (κ1) is 15.9. The molecule has 0 heterocycles. The highest BCUT2D eigenvalue weighted by atomic mass is 32.2. The first-order chi connectivity index (χ1) is 8.97. The molecule has 0 fully saturated rings. The molecular formula is C15H22O3S. The minimum absolute atomic E-state index is 0.0928. The Bertz CT molecular complexity index is 416. The molecule has 4 heteroatoms. The summed E-state index contributed by atoms with van der Waals surface area (Å²) in [6, 6.07) is 8.04. The highest BCUT2D eigenvalue weighted by Gasteiger charge is 2.24. The topological polar surface area (TPSA) is 35.5 Å². The summed E-state index contributed by atoms with van der Waals surface area (Å²) in [5.74, 6) is 1.31. The number of rotatable bonds is 7. The molecule has 0 spiro atoms. The Balaban J connectivity index is 2.78. The fraction of sp³-hybridized carbons (Fsp3) is 0.533. The molecule has 0 aromatic heterocycles. The van der Waals surface area contributed by atoms with E-state index in [1.54, 1.807) is 11.8 Å². The summed E-state index contributed by atoms with van der Waals surface area (Å²) in [4.78, 5) is 10.8. The number of thioether (sulfide) groups is 1. The molecule has 19 heavy (non-hydrogen) atoms. The number of para-hydroxylation sites is 1. The molecule has 0 unspecified atom stereocenters. The van der Waals surface area contributed by atoms with Gasteiger partial charge in [-0.3, -0.25) is 4.79 Å².